The van der Waals surface area contributed by atoms with Gasteiger partial charge in [0.15, 0.2) is 5.78 Å². The van der Waals surface area contributed by atoms with Gasteiger partial charge in [-0.2, -0.15) is 0 Å². The number of benzene rings is 2. The number of ketones is 1. The number of hydrogen-bond donors (Lipinski definition) is 0. The minimum absolute atomic E-state index is 0.0355. The minimum atomic E-state index is -2.12. The maximum atomic E-state index is 13.0. The molecule has 0 aliphatic carbocycles. The molecule has 6 nitrogen and oxygen atoms in total. The molecule has 0 saturated carbocycles. The van der Waals surface area contributed by atoms with E-state index in [0.717, 1.165) is 4.47 Å². The molecule has 30 heavy (non-hydrogen) atoms. The molecule has 2 aromatic rings. The summed E-state index contributed by atoms with van der Waals surface area (Å²) in [4.78, 5) is 39.1. The number of hydrogen-bond acceptors (Lipinski definition) is 6. The van der Waals surface area contributed by atoms with Crippen molar-refractivity contribution in [3.05, 3.63) is 63.1 Å². The average molecular weight is 496 g/mol. The van der Waals surface area contributed by atoms with Crippen LogP contribution in [0.25, 0.3) is 0 Å². The standard InChI is InChI=1S/C22H20BrClO6/c1-3-28-20(26)22(21(27)29-4-2)17(16-11-15(24)9-10-19(16)30-22)12-18(25)13-5-7-14(23)8-6-13/h5-11,17H,3-4,12H2,1-2H3/t17-/m1/s1. The largest absolute Gasteiger partial charge is 0.463 e. The lowest BCUT2D eigenvalue weighted by molar-refractivity contribution is -0.180. The summed E-state index contributed by atoms with van der Waals surface area (Å²) in [6, 6.07) is 11.6. The van der Waals surface area contributed by atoms with Gasteiger partial charge in [-0.1, -0.05) is 39.7 Å². The van der Waals surface area contributed by atoms with E-state index in [2.05, 4.69) is 15.9 Å². The van der Waals surface area contributed by atoms with Crippen LogP contribution in [0.3, 0.4) is 0 Å². The van der Waals surface area contributed by atoms with Crippen LogP contribution in [0, 0.1) is 0 Å². The molecule has 0 fully saturated rings. The Labute approximate surface area is 187 Å². The highest BCUT2D eigenvalue weighted by Crippen LogP contribution is 2.49. The van der Waals surface area contributed by atoms with Gasteiger partial charge in [0.1, 0.15) is 5.75 Å². The van der Waals surface area contributed by atoms with Crippen molar-refractivity contribution in [2.24, 2.45) is 0 Å². The maximum absolute atomic E-state index is 13.0. The summed E-state index contributed by atoms with van der Waals surface area (Å²) in [5.41, 5.74) is -1.20. The van der Waals surface area contributed by atoms with Crippen molar-refractivity contribution in [2.75, 3.05) is 13.2 Å². The normalized spacial score (nSPS) is 16.3. The predicted octanol–water partition coefficient (Wildman–Crippen LogP) is 4.72. The Balaban J connectivity index is 2.09. The Morgan fingerprint density at radius 1 is 1.03 bits per heavy atom. The van der Waals surface area contributed by atoms with Gasteiger partial charge in [-0.15, -0.1) is 0 Å². The van der Waals surface area contributed by atoms with E-state index < -0.39 is 23.5 Å². The molecule has 158 valence electrons. The Morgan fingerprint density at radius 2 is 1.63 bits per heavy atom. The molecule has 1 atom stereocenters. The number of fused-ring (bicyclic) bond motifs is 1. The van der Waals surface area contributed by atoms with Gasteiger partial charge < -0.3 is 14.2 Å². The van der Waals surface area contributed by atoms with Crippen molar-refractivity contribution < 1.29 is 28.6 Å². The first-order chi connectivity index (χ1) is 14.3. The minimum Gasteiger partial charge on any atom is -0.463 e. The molecule has 0 amide bonds. The van der Waals surface area contributed by atoms with E-state index in [1.807, 2.05) is 0 Å². The van der Waals surface area contributed by atoms with Crippen LogP contribution in [0.2, 0.25) is 5.02 Å². The van der Waals surface area contributed by atoms with Crippen LogP contribution in [-0.4, -0.2) is 36.5 Å². The van der Waals surface area contributed by atoms with Crippen LogP contribution in [-0.2, 0) is 19.1 Å². The Morgan fingerprint density at radius 3 is 2.20 bits per heavy atom. The number of Topliss-reactive ketones (excluding diaryl/α,β-unsaturated/α-hetero) is 1. The van der Waals surface area contributed by atoms with Gasteiger partial charge in [-0.05, 0) is 44.2 Å². The van der Waals surface area contributed by atoms with Crippen LogP contribution in [0.5, 0.6) is 5.75 Å². The van der Waals surface area contributed by atoms with Crippen molar-refractivity contribution >= 4 is 45.3 Å². The van der Waals surface area contributed by atoms with Crippen molar-refractivity contribution in [3.8, 4) is 5.75 Å². The first-order valence-electron chi connectivity index (χ1n) is 9.45. The Kier molecular flexibility index (Phi) is 6.83. The summed E-state index contributed by atoms with van der Waals surface area (Å²) in [6.45, 7) is 3.32. The van der Waals surface area contributed by atoms with E-state index in [4.69, 9.17) is 25.8 Å². The molecule has 0 aromatic heterocycles. The third-order valence-corrected chi connectivity index (χ3v) is 5.59. The molecule has 1 aliphatic heterocycles. The number of halogens is 2. The van der Waals surface area contributed by atoms with E-state index >= 15 is 0 Å². The molecule has 2 aromatic carbocycles. The fraction of sp³-hybridized carbons (Fsp3) is 0.318. The quantitative estimate of drug-likeness (QED) is 0.314. The number of ether oxygens (including phenoxy) is 3. The summed E-state index contributed by atoms with van der Waals surface area (Å²) in [5.74, 6) is -2.73. The van der Waals surface area contributed by atoms with Gasteiger partial charge in [-0.3, -0.25) is 4.79 Å². The zero-order valence-corrected chi connectivity index (χ0v) is 18.8. The molecule has 8 heteroatoms. The molecule has 3 rings (SSSR count). The molecular formula is C22H20BrClO6. The van der Waals surface area contributed by atoms with E-state index in [1.54, 1.807) is 56.3 Å². The second-order valence-electron chi connectivity index (χ2n) is 6.65. The Bertz CT molecular complexity index is 954. The summed E-state index contributed by atoms with van der Waals surface area (Å²) >= 11 is 9.49. The van der Waals surface area contributed by atoms with Crippen LogP contribution in [0.1, 0.15) is 42.1 Å². The molecule has 1 aliphatic rings. The van der Waals surface area contributed by atoms with Gasteiger partial charge in [0.2, 0.25) is 0 Å². The summed E-state index contributed by atoms with van der Waals surface area (Å²) in [6.07, 6.45) is -0.174. The van der Waals surface area contributed by atoms with E-state index in [-0.39, 0.29) is 31.2 Å². The van der Waals surface area contributed by atoms with Gasteiger partial charge in [0.25, 0.3) is 0 Å². The average Bonchev–Trinajstić information content (AvgIpc) is 3.03. The van der Waals surface area contributed by atoms with Gasteiger partial charge in [-0.25, -0.2) is 9.59 Å². The molecule has 0 bridgehead atoms. The van der Waals surface area contributed by atoms with Crippen molar-refractivity contribution in [3.63, 3.8) is 0 Å². The molecule has 0 unspecified atom stereocenters. The van der Waals surface area contributed by atoms with Crippen molar-refractivity contribution in [2.45, 2.75) is 31.8 Å². The molecule has 0 saturated heterocycles. The summed E-state index contributed by atoms with van der Waals surface area (Å²) in [7, 11) is 0. The molecule has 0 spiro atoms. The highest BCUT2D eigenvalue weighted by Gasteiger charge is 2.63. The van der Waals surface area contributed by atoms with Crippen LogP contribution in [0.4, 0.5) is 0 Å². The van der Waals surface area contributed by atoms with E-state index in [0.29, 0.717) is 16.1 Å². The van der Waals surface area contributed by atoms with Crippen LogP contribution >= 0.6 is 27.5 Å². The molecular weight excluding hydrogens is 476 g/mol. The van der Waals surface area contributed by atoms with E-state index in [9.17, 15) is 14.4 Å². The van der Waals surface area contributed by atoms with Crippen LogP contribution in [0.15, 0.2) is 46.9 Å². The molecule has 1 heterocycles. The number of carbonyl (C=O) groups excluding carboxylic acids is 3. The zero-order chi connectivity index (χ0) is 21.9. The third-order valence-electron chi connectivity index (χ3n) is 4.82. The number of esters is 2. The fourth-order valence-corrected chi connectivity index (χ4v) is 3.91. The van der Waals surface area contributed by atoms with Crippen molar-refractivity contribution in [1.29, 1.82) is 0 Å². The molecule has 0 radical (unpaired) electrons. The SMILES string of the molecule is CCOC(=O)C1(C(=O)OCC)Oc2ccc(Cl)cc2[C@H]1CC(=O)c1ccc(Br)cc1. The highest BCUT2D eigenvalue weighted by molar-refractivity contribution is 9.10. The van der Waals surface area contributed by atoms with Gasteiger partial charge >= 0.3 is 17.5 Å². The van der Waals surface area contributed by atoms with Gasteiger partial charge in [0.05, 0.1) is 19.1 Å². The van der Waals surface area contributed by atoms with Gasteiger partial charge in [0, 0.05) is 27.0 Å². The van der Waals surface area contributed by atoms with Crippen molar-refractivity contribution in [1.82, 2.24) is 0 Å². The van der Waals surface area contributed by atoms with Crippen LogP contribution < -0.4 is 4.74 Å². The number of carbonyl (C=O) groups is 3. The maximum Gasteiger partial charge on any atom is 0.363 e. The topological polar surface area (TPSA) is 78.9 Å². The molecule has 0 N–H and O–H groups in total. The summed E-state index contributed by atoms with van der Waals surface area (Å²) in [5, 5.41) is 0.391. The fourth-order valence-electron chi connectivity index (χ4n) is 3.47. The smallest absolute Gasteiger partial charge is 0.363 e. The second-order valence-corrected chi connectivity index (χ2v) is 8.00. The zero-order valence-electron chi connectivity index (χ0n) is 16.4. The van der Waals surface area contributed by atoms with E-state index in [1.165, 1.54) is 0 Å². The lowest BCUT2D eigenvalue weighted by Crippen LogP contribution is -2.55. The number of rotatable bonds is 7. The lowest BCUT2D eigenvalue weighted by Gasteiger charge is -2.29. The predicted molar refractivity (Wildman–Crippen MR) is 114 cm³/mol. The highest BCUT2D eigenvalue weighted by atomic mass is 79.9. The third kappa shape index (κ3) is 4.09. The Hall–Kier alpha value is -2.38. The second kappa shape index (κ2) is 9.18. The first-order valence-corrected chi connectivity index (χ1v) is 10.6. The monoisotopic (exact) mass is 494 g/mol. The first kappa shape index (κ1) is 22.3. The lowest BCUT2D eigenvalue weighted by atomic mass is 9.79. The summed E-state index contributed by atoms with van der Waals surface area (Å²) < 4.78 is 17.1.